The third-order valence-corrected chi connectivity index (χ3v) is 4.07. The van der Waals surface area contributed by atoms with E-state index in [0.717, 1.165) is 23.3 Å². The van der Waals surface area contributed by atoms with Crippen LogP contribution in [0.3, 0.4) is 0 Å². The number of carbonyl (C=O) groups is 1. The molecule has 106 valence electrons. The summed E-state index contributed by atoms with van der Waals surface area (Å²) < 4.78 is 31.2. The van der Waals surface area contributed by atoms with Crippen LogP contribution in [0.15, 0.2) is 39.8 Å². The van der Waals surface area contributed by atoms with Gasteiger partial charge in [-0.05, 0) is 49.2 Å². The van der Waals surface area contributed by atoms with Gasteiger partial charge in [0.05, 0.1) is 0 Å². The van der Waals surface area contributed by atoms with Crippen LogP contribution in [0.2, 0.25) is 0 Å². The van der Waals surface area contributed by atoms with E-state index in [9.17, 15) is 13.2 Å². The largest absolute Gasteiger partial charge is 0.475 e. The van der Waals surface area contributed by atoms with Crippen molar-refractivity contribution in [3.63, 3.8) is 0 Å². The lowest BCUT2D eigenvalue weighted by atomic mass is 10.1. The van der Waals surface area contributed by atoms with Crippen molar-refractivity contribution in [1.82, 2.24) is 0 Å². The van der Waals surface area contributed by atoms with Crippen molar-refractivity contribution in [3.8, 4) is 0 Å². The second-order valence-corrected chi connectivity index (χ2v) is 5.94. The maximum atomic E-state index is 12.0. The monoisotopic (exact) mass is 295 g/mol. The van der Waals surface area contributed by atoms with Gasteiger partial charge in [-0.25, -0.2) is 4.79 Å². The molecule has 7 heteroatoms. The van der Waals surface area contributed by atoms with E-state index in [2.05, 4.69) is 4.72 Å². The van der Waals surface area contributed by atoms with Crippen LogP contribution in [0.1, 0.15) is 21.7 Å². The highest BCUT2D eigenvalue weighted by atomic mass is 32.2. The van der Waals surface area contributed by atoms with E-state index in [4.69, 9.17) is 9.52 Å². The summed E-state index contributed by atoms with van der Waals surface area (Å²) in [5, 5.41) is 8.27. The molecule has 2 rings (SSSR count). The van der Waals surface area contributed by atoms with Crippen molar-refractivity contribution < 1.29 is 22.7 Å². The number of nitrogens with one attached hydrogen (secondary N) is 1. The number of furan rings is 1. The quantitative estimate of drug-likeness (QED) is 0.902. The van der Waals surface area contributed by atoms with Gasteiger partial charge in [-0.3, -0.25) is 4.72 Å². The number of sulfonamides is 1. The normalized spacial score (nSPS) is 11.3. The summed E-state index contributed by atoms with van der Waals surface area (Å²) in [7, 11) is -3.94. The van der Waals surface area contributed by atoms with E-state index < -0.39 is 26.8 Å². The Balaban J connectivity index is 2.30. The molecule has 2 N–H and O–H groups in total. The molecule has 2 aromatic rings. The molecular formula is C13H13NO5S. The standard InChI is InChI=1S/C13H13NO5S/c1-8-3-4-10(7-9(8)2)14-20(17,18)12-6-5-11(19-12)13(15)16/h3-7,14H,1-2H3,(H,15,16). The number of hydrogen-bond donors (Lipinski definition) is 2. The van der Waals surface area contributed by atoms with Gasteiger partial charge in [0, 0.05) is 5.69 Å². The number of carboxylic acids is 1. The van der Waals surface area contributed by atoms with Gasteiger partial charge in [0.25, 0.3) is 10.0 Å². The van der Waals surface area contributed by atoms with E-state index >= 15 is 0 Å². The number of benzene rings is 1. The first-order valence-electron chi connectivity index (χ1n) is 5.73. The first kappa shape index (κ1) is 14.1. The lowest BCUT2D eigenvalue weighted by Gasteiger charge is -2.07. The molecule has 0 atom stereocenters. The fourth-order valence-corrected chi connectivity index (χ4v) is 2.57. The van der Waals surface area contributed by atoms with Crippen molar-refractivity contribution in [2.24, 2.45) is 0 Å². The summed E-state index contributed by atoms with van der Waals surface area (Å²) in [6, 6.07) is 7.30. The van der Waals surface area contributed by atoms with E-state index in [-0.39, 0.29) is 0 Å². The molecule has 6 nitrogen and oxygen atoms in total. The minimum absolute atomic E-state index is 0.390. The summed E-state index contributed by atoms with van der Waals surface area (Å²) in [5.74, 6) is -1.75. The third-order valence-electron chi connectivity index (χ3n) is 2.82. The Labute approximate surface area is 116 Å². The summed E-state index contributed by atoms with van der Waals surface area (Å²) in [6.45, 7) is 3.78. The van der Waals surface area contributed by atoms with Gasteiger partial charge in [0.2, 0.25) is 10.9 Å². The second-order valence-electron chi connectivity index (χ2n) is 4.33. The summed E-state index contributed by atoms with van der Waals surface area (Å²) in [5.41, 5.74) is 2.37. The summed E-state index contributed by atoms with van der Waals surface area (Å²) in [4.78, 5) is 10.7. The van der Waals surface area contributed by atoms with E-state index in [1.54, 1.807) is 18.2 Å². The van der Waals surface area contributed by atoms with Crippen LogP contribution in [0.5, 0.6) is 0 Å². The van der Waals surface area contributed by atoms with Crippen molar-refractivity contribution in [3.05, 3.63) is 47.2 Å². The summed E-state index contributed by atoms with van der Waals surface area (Å²) >= 11 is 0. The Bertz CT molecular complexity index is 761. The number of hydrogen-bond acceptors (Lipinski definition) is 4. The first-order chi connectivity index (χ1) is 9.29. The number of aromatic carboxylic acids is 1. The highest BCUT2D eigenvalue weighted by Crippen LogP contribution is 2.20. The van der Waals surface area contributed by atoms with Crippen LogP contribution in [-0.4, -0.2) is 19.5 Å². The fraction of sp³-hybridized carbons (Fsp3) is 0.154. The molecule has 0 amide bonds. The summed E-state index contributed by atoms with van der Waals surface area (Å²) in [6.07, 6.45) is 0. The molecular weight excluding hydrogens is 282 g/mol. The topological polar surface area (TPSA) is 96.6 Å². The minimum atomic E-state index is -3.94. The van der Waals surface area contributed by atoms with Crippen LogP contribution in [0.25, 0.3) is 0 Å². The Hall–Kier alpha value is -2.28. The average molecular weight is 295 g/mol. The molecule has 1 aromatic heterocycles. The molecule has 20 heavy (non-hydrogen) atoms. The van der Waals surface area contributed by atoms with Gasteiger partial charge >= 0.3 is 5.97 Å². The maximum absolute atomic E-state index is 12.0. The number of aryl methyl sites for hydroxylation is 2. The zero-order valence-corrected chi connectivity index (χ0v) is 11.7. The molecule has 1 heterocycles. The van der Waals surface area contributed by atoms with Crippen LogP contribution < -0.4 is 4.72 Å². The van der Waals surface area contributed by atoms with Crippen LogP contribution >= 0.6 is 0 Å². The lowest BCUT2D eigenvalue weighted by Crippen LogP contribution is -2.12. The molecule has 0 spiro atoms. The van der Waals surface area contributed by atoms with Gasteiger partial charge < -0.3 is 9.52 Å². The highest BCUT2D eigenvalue weighted by Gasteiger charge is 2.21. The molecule has 1 aromatic carbocycles. The van der Waals surface area contributed by atoms with Crippen molar-refractivity contribution >= 4 is 21.7 Å². The van der Waals surface area contributed by atoms with Crippen molar-refractivity contribution in [2.75, 3.05) is 4.72 Å². The Morgan fingerprint density at radius 1 is 1.15 bits per heavy atom. The zero-order valence-electron chi connectivity index (χ0n) is 10.9. The number of rotatable bonds is 4. The van der Waals surface area contributed by atoms with Gasteiger partial charge in [0.1, 0.15) is 0 Å². The lowest BCUT2D eigenvalue weighted by molar-refractivity contribution is 0.0656. The SMILES string of the molecule is Cc1ccc(NS(=O)(=O)c2ccc(C(=O)O)o2)cc1C. The fourth-order valence-electron chi connectivity index (χ4n) is 1.59. The predicted octanol–water partition coefficient (Wildman–Crippen LogP) is 2.40. The molecule has 0 aliphatic heterocycles. The molecule has 0 aliphatic carbocycles. The minimum Gasteiger partial charge on any atom is -0.475 e. The smallest absolute Gasteiger partial charge is 0.371 e. The number of anilines is 1. The molecule has 0 saturated carbocycles. The molecule has 0 unspecified atom stereocenters. The van der Waals surface area contributed by atoms with E-state index in [1.165, 1.54) is 0 Å². The zero-order chi connectivity index (χ0) is 14.9. The van der Waals surface area contributed by atoms with Crippen molar-refractivity contribution in [1.29, 1.82) is 0 Å². The van der Waals surface area contributed by atoms with Crippen LogP contribution in [0, 0.1) is 13.8 Å². The second kappa shape index (κ2) is 5.01. The Morgan fingerprint density at radius 3 is 2.40 bits per heavy atom. The Kier molecular flexibility index (Phi) is 3.54. The van der Waals surface area contributed by atoms with Gasteiger partial charge in [-0.2, -0.15) is 8.42 Å². The van der Waals surface area contributed by atoms with E-state index in [0.29, 0.717) is 5.69 Å². The van der Waals surface area contributed by atoms with Crippen LogP contribution in [0.4, 0.5) is 5.69 Å². The number of carboxylic acid groups (broad SMARTS) is 1. The molecule has 0 bridgehead atoms. The average Bonchev–Trinajstić information content (AvgIpc) is 2.84. The highest BCUT2D eigenvalue weighted by molar-refractivity contribution is 7.92. The van der Waals surface area contributed by atoms with Crippen molar-refractivity contribution in [2.45, 2.75) is 18.9 Å². The van der Waals surface area contributed by atoms with Gasteiger partial charge in [-0.1, -0.05) is 6.07 Å². The van der Waals surface area contributed by atoms with Crippen LogP contribution in [-0.2, 0) is 10.0 Å². The Morgan fingerprint density at radius 2 is 1.85 bits per heavy atom. The van der Waals surface area contributed by atoms with E-state index in [1.807, 2.05) is 13.8 Å². The van der Waals surface area contributed by atoms with Gasteiger partial charge in [-0.15, -0.1) is 0 Å². The maximum Gasteiger partial charge on any atom is 0.371 e. The molecule has 0 saturated heterocycles. The molecule has 0 aliphatic rings. The first-order valence-corrected chi connectivity index (χ1v) is 7.21. The molecule has 0 radical (unpaired) electrons. The third kappa shape index (κ3) is 2.83. The van der Waals surface area contributed by atoms with Gasteiger partial charge in [0.15, 0.2) is 0 Å². The predicted molar refractivity (Wildman–Crippen MR) is 72.4 cm³/mol. The molecule has 0 fully saturated rings.